The molecule has 8 heteroatoms. The van der Waals surface area contributed by atoms with E-state index in [1.54, 1.807) is 34.6 Å². The van der Waals surface area contributed by atoms with E-state index in [1.807, 2.05) is 0 Å². The maximum atomic E-state index is 12.8. The highest BCUT2D eigenvalue weighted by molar-refractivity contribution is 7.10. The van der Waals surface area contributed by atoms with E-state index in [4.69, 9.17) is 10.5 Å². The summed E-state index contributed by atoms with van der Waals surface area (Å²) in [7, 11) is 1.21. The number of thiophene rings is 1. The average molecular weight is 371 g/mol. The number of amides is 1. The van der Waals surface area contributed by atoms with Crippen molar-refractivity contribution >= 4 is 29.0 Å². The Kier molecular flexibility index (Phi) is 4.42. The molecule has 0 aromatic carbocycles. The summed E-state index contributed by atoms with van der Waals surface area (Å²) in [6, 6.07) is 3.92. The maximum Gasteiger partial charge on any atom is 0.329 e. The molecule has 4 atom stereocenters. The molecule has 1 aromatic heterocycles. The number of hydrogen-bond donors (Lipinski definition) is 1. The first kappa shape index (κ1) is 17.9. The number of nitriles is 1. The van der Waals surface area contributed by atoms with Crippen molar-refractivity contribution in [2.75, 3.05) is 7.11 Å². The van der Waals surface area contributed by atoms with Crippen molar-refractivity contribution in [1.29, 1.82) is 5.26 Å². The second-order valence-corrected chi connectivity index (χ2v) is 7.18. The zero-order valence-electron chi connectivity index (χ0n) is 14.2. The number of primary amides is 1. The summed E-state index contributed by atoms with van der Waals surface area (Å²) in [6.07, 6.45) is 4.67. The fourth-order valence-electron chi connectivity index (χ4n) is 3.79. The van der Waals surface area contributed by atoms with Gasteiger partial charge in [-0.15, -0.1) is 11.3 Å². The number of esters is 1. The topological polar surface area (TPSA) is 113 Å². The lowest BCUT2D eigenvalue weighted by atomic mass is 9.71. The summed E-state index contributed by atoms with van der Waals surface area (Å²) in [5.41, 5.74) is 4.38. The van der Waals surface area contributed by atoms with E-state index < -0.39 is 35.3 Å². The third-order valence-corrected chi connectivity index (χ3v) is 5.87. The summed E-state index contributed by atoms with van der Waals surface area (Å²) >= 11 is 1.33. The normalized spacial score (nSPS) is 29.5. The van der Waals surface area contributed by atoms with Crippen LogP contribution in [-0.4, -0.2) is 41.8 Å². The lowest BCUT2D eigenvalue weighted by Gasteiger charge is -2.32. The van der Waals surface area contributed by atoms with E-state index in [-0.39, 0.29) is 5.78 Å². The standard InChI is InChI=1S/C18H17N3O4S/c1-10(22)11-5-6-13-18(9-19,17(24)25-2)14(12-4-3-7-26-12)15(16(20)23)21(13)8-11/h3-8,13-15H,1-2H3,(H2,20,23)/t13-,14-,15-,18+/m1/s1. The number of Topliss-reactive ketones (excluding diaryl/α,β-unsaturated/α-hetero) is 1. The number of allylic oxidation sites excluding steroid dienone is 2. The van der Waals surface area contributed by atoms with Gasteiger partial charge >= 0.3 is 5.97 Å². The smallest absolute Gasteiger partial charge is 0.329 e. The number of fused-ring (bicyclic) bond motifs is 1. The van der Waals surface area contributed by atoms with Gasteiger partial charge in [-0.05, 0) is 18.4 Å². The quantitative estimate of drug-likeness (QED) is 0.793. The van der Waals surface area contributed by atoms with Gasteiger partial charge in [-0.1, -0.05) is 18.2 Å². The van der Waals surface area contributed by atoms with Gasteiger partial charge in [-0.3, -0.25) is 14.4 Å². The van der Waals surface area contributed by atoms with Crippen LogP contribution in [0.25, 0.3) is 0 Å². The van der Waals surface area contributed by atoms with Gasteiger partial charge in [0.05, 0.1) is 25.1 Å². The van der Waals surface area contributed by atoms with Crippen molar-refractivity contribution in [2.24, 2.45) is 11.1 Å². The van der Waals surface area contributed by atoms with Crippen LogP contribution in [0.4, 0.5) is 0 Å². The van der Waals surface area contributed by atoms with Crippen molar-refractivity contribution in [3.05, 3.63) is 46.3 Å². The third-order valence-electron chi connectivity index (χ3n) is 4.92. The minimum Gasteiger partial charge on any atom is -0.468 e. The van der Waals surface area contributed by atoms with Gasteiger partial charge in [0.2, 0.25) is 5.91 Å². The van der Waals surface area contributed by atoms with Crippen LogP contribution in [0.1, 0.15) is 17.7 Å². The van der Waals surface area contributed by atoms with Crippen LogP contribution in [-0.2, 0) is 19.1 Å². The molecule has 0 unspecified atom stereocenters. The molecule has 7 nitrogen and oxygen atoms in total. The number of nitrogens with two attached hydrogens (primary N) is 1. The van der Waals surface area contributed by atoms with E-state index in [0.717, 1.165) is 0 Å². The minimum atomic E-state index is -1.66. The lowest BCUT2D eigenvalue weighted by molar-refractivity contribution is -0.150. The molecule has 1 aromatic rings. The van der Waals surface area contributed by atoms with E-state index in [1.165, 1.54) is 31.6 Å². The van der Waals surface area contributed by atoms with Crippen molar-refractivity contribution in [1.82, 2.24) is 4.90 Å². The van der Waals surface area contributed by atoms with Crippen LogP contribution < -0.4 is 5.73 Å². The second kappa shape index (κ2) is 6.42. The third kappa shape index (κ3) is 2.35. The SMILES string of the molecule is COC(=O)[C@]1(C#N)[C@H](c2cccs2)[C@H](C(N)=O)N2C=C(C(C)=O)C=C[C@@H]21. The molecule has 2 N–H and O–H groups in total. The van der Waals surface area contributed by atoms with Crippen LogP contribution in [0.5, 0.6) is 0 Å². The first-order valence-corrected chi connectivity index (χ1v) is 8.77. The summed E-state index contributed by atoms with van der Waals surface area (Å²) in [6.45, 7) is 1.40. The number of hydrogen-bond acceptors (Lipinski definition) is 7. The molecule has 1 saturated heterocycles. The summed E-state index contributed by atoms with van der Waals surface area (Å²) < 4.78 is 4.95. The molecule has 0 saturated carbocycles. The van der Waals surface area contributed by atoms with E-state index >= 15 is 0 Å². The molecule has 2 aliphatic rings. The first-order chi connectivity index (χ1) is 12.4. The molecule has 0 radical (unpaired) electrons. The highest BCUT2D eigenvalue weighted by Crippen LogP contribution is 2.54. The Morgan fingerprint density at radius 3 is 2.65 bits per heavy atom. The Morgan fingerprint density at radius 2 is 2.15 bits per heavy atom. The summed E-state index contributed by atoms with van der Waals surface area (Å²) in [5, 5.41) is 11.9. The van der Waals surface area contributed by atoms with E-state index in [0.29, 0.717) is 10.5 Å². The van der Waals surface area contributed by atoms with Crippen LogP contribution in [0.15, 0.2) is 41.4 Å². The second-order valence-electron chi connectivity index (χ2n) is 6.20. The van der Waals surface area contributed by atoms with Gasteiger partial charge in [0.25, 0.3) is 0 Å². The van der Waals surface area contributed by atoms with Crippen LogP contribution in [0.3, 0.4) is 0 Å². The number of ketones is 1. The van der Waals surface area contributed by atoms with Crippen molar-refractivity contribution in [3.63, 3.8) is 0 Å². The fourth-order valence-corrected chi connectivity index (χ4v) is 4.72. The summed E-state index contributed by atoms with van der Waals surface area (Å²) in [4.78, 5) is 39.1. The average Bonchev–Trinajstić information content (AvgIpc) is 3.24. The molecule has 0 spiro atoms. The molecule has 1 amide bonds. The van der Waals surface area contributed by atoms with Gasteiger partial charge < -0.3 is 15.4 Å². The van der Waals surface area contributed by atoms with Gasteiger partial charge in [0.15, 0.2) is 11.2 Å². The number of nitrogens with zero attached hydrogens (tertiary/aromatic N) is 2. The highest BCUT2D eigenvalue weighted by Gasteiger charge is 2.66. The monoisotopic (exact) mass is 371 g/mol. The number of carbonyl (C=O) groups is 3. The molecule has 0 aliphatic carbocycles. The largest absolute Gasteiger partial charge is 0.468 e. The van der Waals surface area contributed by atoms with Gasteiger partial charge in [0.1, 0.15) is 6.04 Å². The number of carbonyl (C=O) groups excluding carboxylic acids is 3. The Morgan fingerprint density at radius 1 is 1.42 bits per heavy atom. The fraction of sp³-hybridized carbons (Fsp3) is 0.333. The van der Waals surface area contributed by atoms with Crippen LogP contribution in [0.2, 0.25) is 0 Å². The molecular formula is C18H17N3O4S. The molecule has 0 bridgehead atoms. The first-order valence-electron chi connectivity index (χ1n) is 7.89. The zero-order valence-corrected chi connectivity index (χ0v) is 15.0. The van der Waals surface area contributed by atoms with Gasteiger partial charge in [0, 0.05) is 16.7 Å². The molecule has 3 heterocycles. The predicted molar refractivity (Wildman–Crippen MR) is 93.6 cm³/mol. The number of methoxy groups -OCH3 is 1. The molecule has 26 heavy (non-hydrogen) atoms. The number of ether oxygens (including phenoxy) is 1. The lowest BCUT2D eigenvalue weighted by Crippen LogP contribution is -2.45. The Hall–Kier alpha value is -2.92. The van der Waals surface area contributed by atoms with E-state index in [2.05, 4.69) is 6.07 Å². The minimum absolute atomic E-state index is 0.192. The molecule has 1 fully saturated rings. The van der Waals surface area contributed by atoms with Crippen molar-refractivity contribution in [2.45, 2.75) is 24.9 Å². The zero-order chi connectivity index (χ0) is 19.1. The van der Waals surface area contributed by atoms with Crippen molar-refractivity contribution < 1.29 is 19.1 Å². The van der Waals surface area contributed by atoms with Gasteiger partial charge in [-0.2, -0.15) is 5.26 Å². The Balaban J connectivity index is 2.28. The van der Waals surface area contributed by atoms with E-state index in [9.17, 15) is 19.6 Å². The van der Waals surface area contributed by atoms with Crippen LogP contribution in [0, 0.1) is 16.7 Å². The molecular weight excluding hydrogens is 354 g/mol. The Labute approximate surface area is 154 Å². The molecule has 2 aliphatic heterocycles. The molecule has 134 valence electrons. The van der Waals surface area contributed by atoms with Crippen molar-refractivity contribution in [3.8, 4) is 6.07 Å². The van der Waals surface area contributed by atoms with Gasteiger partial charge in [-0.25, -0.2) is 0 Å². The highest BCUT2D eigenvalue weighted by atomic mass is 32.1. The number of rotatable bonds is 4. The predicted octanol–water partition coefficient (Wildman–Crippen LogP) is 1.10. The Bertz CT molecular complexity index is 867. The maximum absolute atomic E-state index is 12.8. The summed E-state index contributed by atoms with van der Waals surface area (Å²) in [5.74, 6) is -2.41. The van der Waals surface area contributed by atoms with Crippen LogP contribution >= 0.6 is 11.3 Å². The molecule has 3 rings (SSSR count).